The number of hydrogen-bond donors (Lipinski definition) is 2. The third-order valence-corrected chi connectivity index (χ3v) is 2.75. The number of carbonyl (C=O) groups is 1. The molecule has 0 radical (unpaired) electrons. The van der Waals surface area contributed by atoms with Crippen LogP contribution < -0.4 is 10.5 Å². The first kappa shape index (κ1) is 9.98. The van der Waals surface area contributed by atoms with Gasteiger partial charge in [0.05, 0.1) is 6.61 Å². The molecule has 4 nitrogen and oxygen atoms in total. The van der Waals surface area contributed by atoms with Crippen LogP contribution in [-0.4, -0.2) is 17.7 Å². The van der Waals surface area contributed by atoms with Gasteiger partial charge in [-0.25, -0.2) is 4.79 Å². The number of carboxylic acid groups (broad SMARTS) is 1. The molecule has 4 heteroatoms. The second-order valence-electron chi connectivity index (χ2n) is 3.87. The molecule has 0 bridgehead atoms. The van der Waals surface area contributed by atoms with Crippen molar-refractivity contribution >= 4 is 5.97 Å². The molecular formula is C11H13NO3. The van der Waals surface area contributed by atoms with Crippen LogP contribution in [0.15, 0.2) is 18.2 Å². The van der Waals surface area contributed by atoms with Crippen LogP contribution in [0.5, 0.6) is 5.75 Å². The predicted molar refractivity (Wildman–Crippen MR) is 54.8 cm³/mol. The highest BCUT2D eigenvalue weighted by Gasteiger charge is 2.41. The van der Waals surface area contributed by atoms with Crippen molar-refractivity contribution in [3.8, 4) is 5.75 Å². The molecule has 1 aromatic carbocycles. The van der Waals surface area contributed by atoms with Gasteiger partial charge in [0.1, 0.15) is 11.3 Å². The topological polar surface area (TPSA) is 72.6 Å². The van der Waals surface area contributed by atoms with Crippen LogP contribution in [0, 0.1) is 6.92 Å². The van der Waals surface area contributed by atoms with E-state index in [9.17, 15) is 4.79 Å². The molecule has 0 saturated heterocycles. The predicted octanol–water partition coefficient (Wildman–Crippen LogP) is 1.02. The normalized spacial score (nSPS) is 24.1. The molecular weight excluding hydrogens is 194 g/mol. The highest BCUT2D eigenvalue weighted by molar-refractivity contribution is 5.82. The summed E-state index contributed by atoms with van der Waals surface area (Å²) in [5, 5.41) is 9.15. The number of hydrogen-bond acceptors (Lipinski definition) is 3. The number of rotatable bonds is 1. The molecule has 0 aliphatic carbocycles. The fraction of sp³-hybridized carbons (Fsp3) is 0.364. The van der Waals surface area contributed by atoms with Gasteiger partial charge in [0.15, 0.2) is 0 Å². The summed E-state index contributed by atoms with van der Waals surface area (Å²) >= 11 is 0. The first-order chi connectivity index (χ1) is 7.04. The average molecular weight is 207 g/mol. The lowest BCUT2D eigenvalue weighted by Gasteiger charge is -2.31. The Morgan fingerprint density at radius 3 is 3.00 bits per heavy atom. The van der Waals surface area contributed by atoms with Gasteiger partial charge in [-0.05, 0) is 19.1 Å². The van der Waals surface area contributed by atoms with E-state index in [2.05, 4.69) is 0 Å². The molecule has 1 aliphatic heterocycles. The van der Waals surface area contributed by atoms with Crippen molar-refractivity contribution in [3.05, 3.63) is 29.3 Å². The molecule has 1 aromatic rings. The van der Waals surface area contributed by atoms with Gasteiger partial charge in [-0.3, -0.25) is 0 Å². The van der Waals surface area contributed by atoms with Gasteiger partial charge in [0.25, 0.3) is 0 Å². The standard InChI is InChI=1S/C11H13NO3/c1-7-2-3-9-8(6-7)11(12,10(13)14)4-5-15-9/h2-3,6H,4-5,12H2,1H3,(H,13,14). The fourth-order valence-electron chi connectivity index (χ4n) is 1.80. The molecule has 0 amide bonds. The van der Waals surface area contributed by atoms with Crippen molar-refractivity contribution in [2.75, 3.05) is 6.61 Å². The van der Waals surface area contributed by atoms with Crippen molar-refractivity contribution in [1.29, 1.82) is 0 Å². The smallest absolute Gasteiger partial charge is 0.328 e. The first-order valence-corrected chi connectivity index (χ1v) is 4.80. The summed E-state index contributed by atoms with van der Waals surface area (Å²) in [4.78, 5) is 11.2. The molecule has 1 aliphatic rings. The number of carboxylic acids is 1. The highest BCUT2D eigenvalue weighted by atomic mass is 16.5. The lowest BCUT2D eigenvalue weighted by molar-refractivity contribution is -0.144. The minimum absolute atomic E-state index is 0.304. The minimum atomic E-state index is -1.31. The average Bonchev–Trinajstić information content (AvgIpc) is 2.19. The number of nitrogens with two attached hydrogens (primary N) is 1. The third kappa shape index (κ3) is 1.47. The van der Waals surface area contributed by atoms with Crippen molar-refractivity contribution < 1.29 is 14.6 Å². The van der Waals surface area contributed by atoms with E-state index in [0.29, 0.717) is 24.3 Å². The van der Waals surface area contributed by atoms with E-state index >= 15 is 0 Å². The lowest BCUT2D eigenvalue weighted by atomic mass is 9.85. The zero-order valence-corrected chi connectivity index (χ0v) is 8.49. The SMILES string of the molecule is Cc1ccc2c(c1)C(N)(C(=O)O)CCO2. The second kappa shape index (κ2) is 3.24. The number of ether oxygens (including phenoxy) is 1. The lowest BCUT2D eigenvalue weighted by Crippen LogP contribution is -2.48. The quantitative estimate of drug-likeness (QED) is 0.721. The molecule has 1 atom stereocenters. The Kier molecular flexibility index (Phi) is 2.16. The van der Waals surface area contributed by atoms with Gasteiger partial charge in [0.2, 0.25) is 0 Å². The van der Waals surface area contributed by atoms with Gasteiger partial charge >= 0.3 is 5.97 Å². The van der Waals surface area contributed by atoms with Crippen LogP contribution in [0.4, 0.5) is 0 Å². The summed E-state index contributed by atoms with van der Waals surface area (Å²) in [6.07, 6.45) is 0.304. The first-order valence-electron chi connectivity index (χ1n) is 4.80. The Morgan fingerprint density at radius 1 is 1.60 bits per heavy atom. The minimum Gasteiger partial charge on any atom is -0.493 e. The van der Waals surface area contributed by atoms with E-state index < -0.39 is 11.5 Å². The summed E-state index contributed by atoms with van der Waals surface area (Å²) < 4.78 is 5.38. The monoisotopic (exact) mass is 207 g/mol. The maximum atomic E-state index is 11.2. The third-order valence-electron chi connectivity index (χ3n) is 2.75. The number of benzene rings is 1. The van der Waals surface area contributed by atoms with Crippen LogP contribution in [0.25, 0.3) is 0 Å². The summed E-state index contributed by atoms with van der Waals surface area (Å²) in [5.74, 6) is -0.422. The van der Waals surface area contributed by atoms with E-state index in [0.717, 1.165) is 5.56 Å². The summed E-state index contributed by atoms with van der Waals surface area (Å²) in [6, 6.07) is 5.43. The fourth-order valence-corrected chi connectivity index (χ4v) is 1.80. The molecule has 0 spiro atoms. The van der Waals surface area contributed by atoms with Gasteiger partial charge < -0.3 is 15.6 Å². The Bertz CT molecular complexity index is 416. The van der Waals surface area contributed by atoms with Crippen molar-refractivity contribution in [1.82, 2.24) is 0 Å². The molecule has 80 valence electrons. The summed E-state index contributed by atoms with van der Waals surface area (Å²) in [7, 11) is 0. The van der Waals surface area contributed by atoms with Gasteiger partial charge in [-0.2, -0.15) is 0 Å². The molecule has 2 rings (SSSR count). The van der Waals surface area contributed by atoms with E-state index in [1.165, 1.54) is 0 Å². The zero-order valence-electron chi connectivity index (χ0n) is 8.49. The van der Waals surface area contributed by atoms with E-state index in [1.54, 1.807) is 12.1 Å². The second-order valence-corrected chi connectivity index (χ2v) is 3.87. The molecule has 0 fully saturated rings. The Balaban J connectivity index is 2.59. The molecule has 0 saturated carbocycles. The van der Waals surface area contributed by atoms with Gasteiger partial charge in [-0.1, -0.05) is 11.6 Å². The van der Waals surface area contributed by atoms with Gasteiger partial charge in [-0.15, -0.1) is 0 Å². The summed E-state index contributed by atoms with van der Waals surface area (Å²) in [6.45, 7) is 2.25. The number of fused-ring (bicyclic) bond motifs is 1. The van der Waals surface area contributed by atoms with E-state index in [-0.39, 0.29) is 0 Å². The largest absolute Gasteiger partial charge is 0.493 e. The highest BCUT2D eigenvalue weighted by Crippen LogP contribution is 2.35. The Hall–Kier alpha value is -1.55. The van der Waals surface area contributed by atoms with E-state index in [1.807, 2.05) is 13.0 Å². The Labute approximate surface area is 87.7 Å². The number of aliphatic carboxylic acids is 1. The van der Waals surface area contributed by atoms with Crippen LogP contribution in [-0.2, 0) is 10.3 Å². The maximum Gasteiger partial charge on any atom is 0.328 e. The Morgan fingerprint density at radius 2 is 2.33 bits per heavy atom. The molecule has 3 N–H and O–H groups in total. The molecule has 1 unspecified atom stereocenters. The maximum absolute atomic E-state index is 11.2. The summed E-state index contributed by atoms with van der Waals surface area (Å²) in [5.41, 5.74) is 6.15. The zero-order chi connectivity index (χ0) is 11.1. The van der Waals surface area contributed by atoms with Crippen molar-refractivity contribution in [2.24, 2.45) is 5.73 Å². The number of aryl methyl sites for hydroxylation is 1. The van der Waals surface area contributed by atoms with Gasteiger partial charge in [0, 0.05) is 12.0 Å². The molecule has 1 heterocycles. The van der Waals surface area contributed by atoms with Crippen molar-refractivity contribution in [2.45, 2.75) is 18.9 Å². The molecule has 0 aromatic heterocycles. The van der Waals surface area contributed by atoms with Crippen LogP contribution in [0.2, 0.25) is 0 Å². The van der Waals surface area contributed by atoms with Crippen LogP contribution >= 0.6 is 0 Å². The van der Waals surface area contributed by atoms with Crippen LogP contribution in [0.1, 0.15) is 17.5 Å². The van der Waals surface area contributed by atoms with Crippen molar-refractivity contribution in [3.63, 3.8) is 0 Å². The molecule has 15 heavy (non-hydrogen) atoms. The van der Waals surface area contributed by atoms with E-state index in [4.69, 9.17) is 15.6 Å². The van der Waals surface area contributed by atoms with Crippen LogP contribution in [0.3, 0.4) is 0 Å².